The number of rotatable bonds is 5. The fourth-order valence-corrected chi connectivity index (χ4v) is 3.31. The van der Waals surface area contributed by atoms with Gasteiger partial charge < -0.3 is 10.1 Å². The second-order valence-corrected chi connectivity index (χ2v) is 5.87. The molecule has 4 heteroatoms. The number of aromatic nitrogens is 1. The van der Waals surface area contributed by atoms with E-state index in [1.165, 1.54) is 29.5 Å². The number of carbonyl (C=O) groups is 1. The van der Waals surface area contributed by atoms with Crippen LogP contribution in [0.4, 0.5) is 0 Å². The lowest BCUT2D eigenvalue weighted by Crippen LogP contribution is -2.44. The first-order valence-corrected chi connectivity index (χ1v) is 7.79. The molecule has 0 aliphatic carbocycles. The molecule has 2 aromatic rings. The molecule has 1 aliphatic rings. The maximum Gasteiger partial charge on any atom is 0.321 e. The molecule has 0 amide bonds. The number of aliphatic carboxylic acids is 1. The summed E-state index contributed by atoms with van der Waals surface area (Å²) in [6.45, 7) is 2.18. The molecule has 21 heavy (non-hydrogen) atoms. The average Bonchev–Trinajstić information content (AvgIpc) is 2.86. The lowest BCUT2D eigenvalue weighted by atomic mass is 9.91. The fraction of sp³-hybridized carbons (Fsp3) is 0.471. The summed E-state index contributed by atoms with van der Waals surface area (Å²) in [6, 6.07) is 7.81. The van der Waals surface area contributed by atoms with Crippen molar-refractivity contribution in [2.24, 2.45) is 0 Å². The van der Waals surface area contributed by atoms with Crippen molar-refractivity contribution in [3.63, 3.8) is 0 Å². The van der Waals surface area contributed by atoms with Gasteiger partial charge >= 0.3 is 5.97 Å². The van der Waals surface area contributed by atoms with Crippen molar-refractivity contribution >= 4 is 16.9 Å². The van der Waals surface area contributed by atoms with Gasteiger partial charge in [0.1, 0.15) is 6.04 Å². The largest absolute Gasteiger partial charge is 0.480 e. The molecule has 3 rings (SSSR count). The van der Waals surface area contributed by atoms with Crippen LogP contribution in [-0.2, 0) is 11.2 Å². The van der Waals surface area contributed by atoms with Crippen molar-refractivity contribution in [1.82, 2.24) is 10.3 Å². The van der Waals surface area contributed by atoms with E-state index in [1.54, 1.807) is 0 Å². The average molecular weight is 286 g/mol. The van der Waals surface area contributed by atoms with E-state index in [0.29, 0.717) is 6.42 Å². The van der Waals surface area contributed by atoms with E-state index in [0.717, 1.165) is 18.4 Å². The number of H-pyrrole nitrogens is 1. The molecule has 0 radical (unpaired) electrons. The van der Waals surface area contributed by atoms with E-state index >= 15 is 0 Å². The quantitative estimate of drug-likeness (QED) is 0.738. The predicted molar refractivity (Wildman–Crippen MR) is 83.4 cm³/mol. The first-order chi connectivity index (χ1) is 10.2. The third-order valence-corrected chi connectivity index (χ3v) is 4.40. The Bertz CT molecular complexity index is 647. The number of hydrogen-bond donors (Lipinski definition) is 3. The predicted octanol–water partition coefficient (Wildman–Crippen LogP) is 3.39. The minimum absolute atomic E-state index is 0.119. The summed E-state index contributed by atoms with van der Waals surface area (Å²) in [5.41, 5.74) is 3.47. The molecular weight excluding hydrogens is 264 g/mol. The minimum Gasteiger partial charge on any atom is -0.480 e. The summed E-state index contributed by atoms with van der Waals surface area (Å²) in [7, 11) is 0. The second kappa shape index (κ2) is 5.90. The van der Waals surface area contributed by atoms with E-state index in [-0.39, 0.29) is 6.04 Å². The van der Waals surface area contributed by atoms with Gasteiger partial charge in [0.25, 0.3) is 0 Å². The molecule has 4 nitrogen and oxygen atoms in total. The zero-order chi connectivity index (χ0) is 14.8. The lowest BCUT2D eigenvalue weighted by Gasteiger charge is -2.29. The number of nitrogens with one attached hydrogen (secondary N) is 2. The van der Waals surface area contributed by atoms with Crippen LogP contribution in [0.1, 0.15) is 49.9 Å². The third-order valence-electron chi connectivity index (χ3n) is 4.40. The molecule has 0 fully saturated rings. The molecular formula is C17H22N2O2. The van der Waals surface area contributed by atoms with E-state index in [1.807, 2.05) is 12.1 Å². The fourth-order valence-electron chi connectivity index (χ4n) is 3.31. The Balaban J connectivity index is 1.96. The third kappa shape index (κ3) is 2.68. The summed E-state index contributed by atoms with van der Waals surface area (Å²) < 4.78 is 0. The van der Waals surface area contributed by atoms with Crippen LogP contribution < -0.4 is 5.32 Å². The van der Waals surface area contributed by atoms with Gasteiger partial charge in [-0.05, 0) is 18.1 Å². The molecule has 0 spiro atoms. The maximum atomic E-state index is 11.4. The number of unbranched alkanes of at least 4 members (excludes halogenated alkanes) is 2. The summed E-state index contributed by atoms with van der Waals surface area (Å²) in [4.78, 5) is 14.9. The highest BCUT2D eigenvalue weighted by Gasteiger charge is 2.32. The monoisotopic (exact) mass is 286 g/mol. The van der Waals surface area contributed by atoms with Crippen molar-refractivity contribution in [2.75, 3.05) is 0 Å². The first-order valence-electron chi connectivity index (χ1n) is 7.79. The lowest BCUT2D eigenvalue weighted by molar-refractivity contribution is -0.139. The molecule has 3 N–H and O–H groups in total. The number of para-hydroxylation sites is 1. The highest BCUT2D eigenvalue weighted by Crippen LogP contribution is 2.34. The Hall–Kier alpha value is -1.81. The summed E-state index contributed by atoms with van der Waals surface area (Å²) in [5, 5.41) is 13.9. The van der Waals surface area contributed by atoms with Crippen molar-refractivity contribution < 1.29 is 9.90 Å². The number of carboxylic acid groups (broad SMARTS) is 1. The molecule has 1 aromatic heterocycles. The Labute approximate surface area is 124 Å². The normalized spacial score (nSPS) is 21.4. The summed E-state index contributed by atoms with van der Waals surface area (Å²) >= 11 is 0. The number of fused-ring (bicyclic) bond motifs is 3. The maximum absolute atomic E-state index is 11.4. The zero-order valence-electron chi connectivity index (χ0n) is 12.4. The van der Waals surface area contributed by atoms with Crippen LogP contribution in [0.15, 0.2) is 24.3 Å². The van der Waals surface area contributed by atoms with E-state index in [2.05, 4.69) is 29.4 Å². The summed E-state index contributed by atoms with van der Waals surface area (Å²) in [6.07, 6.45) is 5.02. The Morgan fingerprint density at radius 2 is 2.14 bits per heavy atom. The van der Waals surface area contributed by atoms with Crippen LogP contribution in [0.25, 0.3) is 10.9 Å². The van der Waals surface area contributed by atoms with Gasteiger partial charge in [-0.15, -0.1) is 0 Å². The standard InChI is InChI=1S/C17H22N2O2/c1-2-3-4-9-14-16-12(10-15(18-14)17(20)21)11-7-5-6-8-13(11)19-16/h5-8,14-15,18-19H,2-4,9-10H2,1H3,(H,20,21)/t14-,15+/m1/s1. The second-order valence-electron chi connectivity index (χ2n) is 5.87. The molecule has 0 saturated carbocycles. The molecule has 2 atom stereocenters. The smallest absolute Gasteiger partial charge is 0.321 e. The molecule has 0 saturated heterocycles. The van der Waals surface area contributed by atoms with Crippen LogP contribution in [0.5, 0.6) is 0 Å². The van der Waals surface area contributed by atoms with Gasteiger partial charge in [0.15, 0.2) is 0 Å². The van der Waals surface area contributed by atoms with Crippen molar-refractivity contribution in [2.45, 2.75) is 51.1 Å². The number of hydrogen-bond acceptors (Lipinski definition) is 2. The molecule has 0 unspecified atom stereocenters. The number of carboxylic acids is 1. The van der Waals surface area contributed by atoms with Crippen LogP contribution in [0.2, 0.25) is 0 Å². The Kier molecular flexibility index (Phi) is 3.97. The van der Waals surface area contributed by atoms with Crippen LogP contribution in [0, 0.1) is 0 Å². The summed E-state index contributed by atoms with van der Waals surface area (Å²) in [5.74, 6) is -0.758. The number of benzene rings is 1. The van der Waals surface area contributed by atoms with Gasteiger partial charge in [-0.2, -0.15) is 0 Å². The Morgan fingerprint density at radius 1 is 1.33 bits per heavy atom. The Morgan fingerprint density at radius 3 is 2.90 bits per heavy atom. The van der Waals surface area contributed by atoms with E-state index in [4.69, 9.17) is 0 Å². The van der Waals surface area contributed by atoms with E-state index in [9.17, 15) is 9.90 Å². The first kappa shape index (κ1) is 14.1. The van der Waals surface area contributed by atoms with Gasteiger partial charge in [0.2, 0.25) is 0 Å². The van der Waals surface area contributed by atoms with Crippen molar-refractivity contribution in [1.29, 1.82) is 0 Å². The van der Waals surface area contributed by atoms with Crippen LogP contribution in [-0.4, -0.2) is 22.1 Å². The van der Waals surface area contributed by atoms with Gasteiger partial charge in [-0.25, -0.2) is 0 Å². The van der Waals surface area contributed by atoms with Crippen molar-refractivity contribution in [3.8, 4) is 0 Å². The number of aromatic amines is 1. The highest BCUT2D eigenvalue weighted by atomic mass is 16.4. The van der Waals surface area contributed by atoms with Gasteiger partial charge in [0.05, 0.1) is 0 Å². The van der Waals surface area contributed by atoms with Gasteiger partial charge in [-0.1, -0.05) is 44.4 Å². The van der Waals surface area contributed by atoms with Crippen molar-refractivity contribution in [3.05, 3.63) is 35.5 Å². The highest BCUT2D eigenvalue weighted by molar-refractivity contribution is 5.86. The van der Waals surface area contributed by atoms with Crippen LogP contribution in [0.3, 0.4) is 0 Å². The SMILES string of the molecule is CCCCC[C@H]1N[C@H](C(=O)O)Cc2c1[nH]c1ccccc21. The van der Waals surface area contributed by atoms with E-state index < -0.39 is 12.0 Å². The zero-order valence-corrected chi connectivity index (χ0v) is 12.4. The molecule has 112 valence electrons. The topological polar surface area (TPSA) is 65.1 Å². The van der Waals surface area contributed by atoms with Gasteiger partial charge in [0, 0.05) is 29.1 Å². The molecule has 1 aromatic carbocycles. The molecule has 1 aliphatic heterocycles. The molecule has 0 bridgehead atoms. The molecule has 2 heterocycles. The van der Waals surface area contributed by atoms with Crippen LogP contribution >= 0.6 is 0 Å². The minimum atomic E-state index is -0.758. The van der Waals surface area contributed by atoms with Gasteiger partial charge in [-0.3, -0.25) is 10.1 Å².